The third-order valence-electron chi connectivity index (χ3n) is 2.87. The van der Waals surface area contributed by atoms with Crippen LogP contribution in [0, 0.1) is 5.82 Å². The molecule has 0 aliphatic rings. The second-order valence-corrected chi connectivity index (χ2v) is 6.12. The molecule has 1 aromatic carbocycles. The Hall–Kier alpha value is -0.910. The first kappa shape index (κ1) is 14.5. The van der Waals surface area contributed by atoms with Crippen LogP contribution in [0.5, 0.6) is 5.75 Å². The average molecular weight is 345 g/mol. The number of hydrogen-bond donors (Lipinski definition) is 1. The number of halogens is 2. The lowest BCUT2D eigenvalue weighted by Crippen LogP contribution is -2.01. The Morgan fingerprint density at radius 3 is 2.74 bits per heavy atom. The Bertz CT molecular complexity index is 583. The van der Waals surface area contributed by atoms with E-state index in [1.807, 2.05) is 12.1 Å². The fourth-order valence-corrected chi connectivity index (χ4v) is 3.14. The van der Waals surface area contributed by atoms with Gasteiger partial charge in [0.2, 0.25) is 0 Å². The molecule has 1 atom stereocenters. The molecule has 0 radical (unpaired) electrons. The predicted octanol–water partition coefficient (Wildman–Crippen LogP) is 4.30. The van der Waals surface area contributed by atoms with Crippen molar-refractivity contribution in [1.29, 1.82) is 0 Å². The molecule has 0 aliphatic carbocycles. The Labute approximate surface area is 124 Å². The summed E-state index contributed by atoms with van der Waals surface area (Å²) in [6.07, 6.45) is 0.124. The third kappa shape index (κ3) is 2.99. The standard InChI is InChI=1S/C14H14BrFO2S/c1-3-8-4-5-13(19-8)14(17)9-6-10(15)11(16)7-12(9)18-2/h4-7,14,17H,3H2,1-2H3. The summed E-state index contributed by atoms with van der Waals surface area (Å²) in [4.78, 5) is 2.03. The monoisotopic (exact) mass is 344 g/mol. The van der Waals surface area contributed by atoms with E-state index in [2.05, 4.69) is 22.9 Å². The summed E-state index contributed by atoms with van der Waals surface area (Å²) in [6.45, 7) is 2.07. The summed E-state index contributed by atoms with van der Waals surface area (Å²) in [5.74, 6) is -0.0622. The van der Waals surface area contributed by atoms with Crippen molar-refractivity contribution in [3.05, 3.63) is 49.9 Å². The van der Waals surface area contributed by atoms with E-state index in [1.165, 1.54) is 18.1 Å². The molecule has 5 heteroatoms. The largest absolute Gasteiger partial charge is 0.496 e. The van der Waals surface area contributed by atoms with Crippen LogP contribution in [-0.2, 0) is 6.42 Å². The average Bonchev–Trinajstić information content (AvgIpc) is 2.89. The van der Waals surface area contributed by atoms with Crippen LogP contribution in [0.25, 0.3) is 0 Å². The van der Waals surface area contributed by atoms with Crippen molar-refractivity contribution in [1.82, 2.24) is 0 Å². The highest BCUT2D eigenvalue weighted by Gasteiger charge is 2.19. The van der Waals surface area contributed by atoms with Crippen LogP contribution in [0.2, 0.25) is 0 Å². The first-order chi connectivity index (χ1) is 9.06. The van der Waals surface area contributed by atoms with Crippen molar-refractivity contribution in [2.24, 2.45) is 0 Å². The first-order valence-corrected chi connectivity index (χ1v) is 7.47. The number of aryl methyl sites for hydroxylation is 1. The topological polar surface area (TPSA) is 29.5 Å². The van der Waals surface area contributed by atoms with Gasteiger partial charge >= 0.3 is 0 Å². The van der Waals surface area contributed by atoms with E-state index >= 15 is 0 Å². The fourth-order valence-electron chi connectivity index (χ4n) is 1.82. The molecular weight excluding hydrogens is 331 g/mol. The Morgan fingerprint density at radius 1 is 1.42 bits per heavy atom. The number of methoxy groups -OCH3 is 1. The fraction of sp³-hybridized carbons (Fsp3) is 0.286. The summed E-state index contributed by atoms with van der Waals surface area (Å²) in [5.41, 5.74) is 0.556. The third-order valence-corrected chi connectivity index (χ3v) is 4.76. The number of benzene rings is 1. The number of hydrogen-bond acceptors (Lipinski definition) is 3. The Morgan fingerprint density at radius 2 is 2.16 bits per heavy atom. The minimum atomic E-state index is -0.808. The molecule has 0 saturated carbocycles. The molecule has 0 aliphatic heterocycles. The van der Waals surface area contributed by atoms with Crippen LogP contribution < -0.4 is 4.74 Å². The zero-order valence-electron chi connectivity index (χ0n) is 10.6. The smallest absolute Gasteiger partial charge is 0.141 e. The van der Waals surface area contributed by atoms with Gasteiger partial charge in [-0.15, -0.1) is 11.3 Å². The molecule has 0 amide bonds. The number of rotatable bonds is 4. The maximum atomic E-state index is 13.5. The van der Waals surface area contributed by atoms with E-state index in [0.29, 0.717) is 15.8 Å². The van der Waals surface area contributed by atoms with Crippen molar-refractivity contribution < 1.29 is 14.2 Å². The highest BCUT2D eigenvalue weighted by molar-refractivity contribution is 9.10. The zero-order valence-corrected chi connectivity index (χ0v) is 13.0. The summed E-state index contributed by atoms with van der Waals surface area (Å²) in [5, 5.41) is 10.4. The van der Waals surface area contributed by atoms with Crippen LogP contribution in [0.3, 0.4) is 0 Å². The maximum Gasteiger partial charge on any atom is 0.141 e. The van der Waals surface area contributed by atoms with Crippen molar-refractivity contribution in [2.45, 2.75) is 19.4 Å². The minimum absolute atomic E-state index is 0.314. The van der Waals surface area contributed by atoms with Gasteiger partial charge in [-0.05, 0) is 40.5 Å². The lowest BCUT2D eigenvalue weighted by molar-refractivity contribution is 0.218. The molecule has 0 bridgehead atoms. The van der Waals surface area contributed by atoms with Gasteiger partial charge in [-0.1, -0.05) is 6.92 Å². The van der Waals surface area contributed by atoms with Crippen LogP contribution >= 0.6 is 27.3 Å². The molecule has 0 spiro atoms. The molecular formula is C14H14BrFO2S. The van der Waals surface area contributed by atoms with E-state index in [-0.39, 0.29) is 0 Å². The molecule has 2 aromatic rings. The molecule has 0 saturated heterocycles. The van der Waals surface area contributed by atoms with Gasteiger partial charge in [-0.25, -0.2) is 4.39 Å². The molecule has 1 unspecified atom stereocenters. The Kier molecular flexibility index (Phi) is 4.60. The lowest BCUT2D eigenvalue weighted by Gasteiger charge is -2.14. The summed E-state index contributed by atoms with van der Waals surface area (Å²) in [6, 6.07) is 6.72. The van der Waals surface area contributed by atoms with Crippen molar-refractivity contribution in [3.8, 4) is 5.75 Å². The Balaban J connectivity index is 2.42. The van der Waals surface area contributed by atoms with Crippen LogP contribution in [0.15, 0.2) is 28.7 Å². The predicted molar refractivity (Wildman–Crippen MR) is 78.4 cm³/mol. The van der Waals surface area contributed by atoms with Gasteiger partial charge in [0.15, 0.2) is 0 Å². The van der Waals surface area contributed by atoms with Gasteiger partial charge in [-0.3, -0.25) is 0 Å². The number of thiophene rings is 1. The summed E-state index contributed by atoms with van der Waals surface area (Å²) in [7, 11) is 1.46. The highest BCUT2D eigenvalue weighted by Crippen LogP contribution is 2.36. The van der Waals surface area contributed by atoms with Gasteiger partial charge < -0.3 is 9.84 Å². The molecule has 19 heavy (non-hydrogen) atoms. The molecule has 1 aromatic heterocycles. The van der Waals surface area contributed by atoms with Crippen molar-refractivity contribution in [3.63, 3.8) is 0 Å². The molecule has 1 N–H and O–H groups in total. The molecule has 2 nitrogen and oxygen atoms in total. The molecule has 2 rings (SSSR count). The second kappa shape index (κ2) is 6.03. The summed E-state index contributed by atoms with van der Waals surface area (Å²) < 4.78 is 18.9. The minimum Gasteiger partial charge on any atom is -0.496 e. The van der Waals surface area contributed by atoms with E-state index in [9.17, 15) is 9.50 Å². The number of aliphatic hydroxyl groups is 1. The van der Waals surface area contributed by atoms with Crippen molar-refractivity contribution in [2.75, 3.05) is 7.11 Å². The highest BCUT2D eigenvalue weighted by atomic mass is 79.9. The van der Waals surface area contributed by atoms with Gasteiger partial charge in [0, 0.05) is 21.4 Å². The van der Waals surface area contributed by atoms with Gasteiger partial charge in [0.05, 0.1) is 11.6 Å². The maximum absolute atomic E-state index is 13.5. The van der Waals surface area contributed by atoms with Gasteiger partial charge in [0.25, 0.3) is 0 Å². The SMILES string of the molecule is CCc1ccc(C(O)c2cc(Br)c(F)cc2OC)s1. The second-order valence-electron chi connectivity index (χ2n) is 4.07. The normalized spacial score (nSPS) is 12.5. The molecule has 0 fully saturated rings. The number of ether oxygens (including phenoxy) is 1. The van der Waals surface area contributed by atoms with Gasteiger partial charge in [-0.2, -0.15) is 0 Å². The first-order valence-electron chi connectivity index (χ1n) is 5.86. The van der Waals surface area contributed by atoms with Crippen LogP contribution in [-0.4, -0.2) is 12.2 Å². The van der Waals surface area contributed by atoms with Crippen LogP contribution in [0.1, 0.15) is 28.3 Å². The quantitative estimate of drug-likeness (QED) is 0.895. The zero-order chi connectivity index (χ0) is 14.0. The van der Waals surface area contributed by atoms with E-state index in [1.54, 1.807) is 17.4 Å². The summed E-state index contributed by atoms with van der Waals surface area (Å²) >= 11 is 4.68. The number of aliphatic hydroxyl groups excluding tert-OH is 1. The molecule has 102 valence electrons. The van der Waals surface area contributed by atoms with E-state index in [4.69, 9.17) is 4.74 Å². The lowest BCUT2D eigenvalue weighted by atomic mass is 10.1. The van der Waals surface area contributed by atoms with E-state index < -0.39 is 11.9 Å². The van der Waals surface area contributed by atoms with E-state index in [0.717, 1.165) is 11.3 Å². The van der Waals surface area contributed by atoms with Crippen molar-refractivity contribution >= 4 is 27.3 Å². The van der Waals surface area contributed by atoms with Gasteiger partial charge in [0.1, 0.15) is 17.7 Å². The molecule has 1 heterocycles. The van der Waals surface area contributed by atoms with Crippen LogP contribution in [0.4, 0.5) is 4.39 Å².